The van der Waals surface area contributed by atoms with E-state index < -0.39 is 0 Å². The number of methoxy groups -OCH3 is 2. The maximum atomic E-state index is 12.3. The summed E-state index contributed by atoms with van der Waals surface area (Å²) < 4.78 is 16.5. The molecule has 4 nitrogen and oxygen atoms in total. The van der Waals surface area contributed by atoms with Crippen LogP contribution in [0.25, 0.3) is 22.3 Å². The summed E-state index contributed by atoms with van der Waals surface area (Å²) in [6, 6.07) is 11.8. The van der Waals surface area contributed by atoms with Crippen LogP contribution in [0.1, 0.15) is 0 Å². The third kappa shape index (κ3) is 2.42. The fourth-order valence-corrected chi connectivity index (χ4v) is 2.51. The molecule has 0 atom stereocenters. The molecule has 0 bridgehead atoms. The Labute approximate surface area is 131 Å². The number of hydrogen-bond donors (Lipinski definition) is 0. The summed E-state index contributed by atoms with van der Waals surface area (Å²) in [6.45, 7) is 0. The van der Waals surface area contributed by atoms with Crippen molar-refractivity contribution in [2.45, 2.75) is 0 Å². The predicted octanol–water partition coefficient (Wildman–Crippen LogP) is 4.13. The lowest BCUT2D eigenvalue weighted by molar-refractivity contribution is 0.355. The van der Waals surface area contributed by atoms with Crippen molar-refractivity contribution >= 4 is 22.6 Å². The smallest absolute Gasteiger partial charge is 0.193 e. The number of ether oxygens (including phenoxy) is 2. The Bertz CT molecular complexity index is 899. The van der Waals surface area contributed by atoms with Crippen molar-refractivity contribution in [3.05, 3.63) is 57.7 Å². The molecule has 1 heterocycles. The van der Waals surface area contributed by atoms with E-state index in [2.05, 4.69) is 0 Å². The summed E-state index contributed by atoms with van der Waals surface area (Å²) in [5, 5.41) is 0.935. The Kier molecular flexibility index (Phi) is 3.77. The molecule has 0 aliphatic heterocycles. The highest BCUT2D eigenvalue weighted by Gasteiger charge is 2.15. The van der Waals surface area contributed by atoms with Crippen LogP contribution in [-0.4, -0.2) is 14.2 Å². The SMILES string of the molecule is COc1cccc(-c2cc(=O)c3cc(Cl)ccc3o2)c1OC. The zero-order chi connectivity index (χ0) is 15.7. The second kappa shape index (κ2) is 5.73. The molecule has 0 N–H and O–H groups in total. The standard InChI is InChI=1S/C17H13ClO4/c1-20-15-5-3-4-11(17(15)21-2)16-9-13(19)12-8-10(18)6-7-14(12)22-16/h3-9H,1-2H3. The summed E-state index contributed by atoms with van der Waals surface area (Å²) >= 11 is 5.92. The number of fused-ring (bicyclic) bond motifs is 1. The molecular formula is C17H13ClO4. The first-order chi connectivity index (χ1) is 10.6. The molecule has 1 aromatic heterocycles. The van der Waals surface area contributed by atoms with E-state index in [0.29, 0.717) is 38.8 Å². The van der Waals surface area contributed by atoms with Crippen molar-refractivity contribution in [3.63, 3.8) is 0 Å². The normalized spacial score (nSPS) is 10.7. The zero-order valence-electron chi connectivity index (χ0n) is 12.1. The average molecular weight is 317 g/mol. The van der Waals surface area contributed by atoms with Gasteiger partial charge in [-0.05, 0) is 30.3 Å². The van der Waals surface area contributed by atoms with Crippen LogP contribution in [-0.2, 0) is 0 Å². The van der Waals surface area contributed by atoms with Gasteiger partial charge in [0.05, 0.1) is 25.2 Å². The van der Waals surface area contributed by atoms with E-state index in [-0.39, 0.29) is 5.43 Å². The highest BCUT2D eigenvalue weighted by atomic mass is 35.5. The van der Waals surface area contributed by atoms with Gasteiger partial charge in [-0.2, -0.15) is 0 Å². The van der Waals surface area contributed by atoms with Crippen LogP contribution in [0.2, 0.25) is 5.02 Å². The first-order valence-electron chi connectivity index (χ1n) is 6.59. The fourth-order valence-electron chi connectivity index (χ4n) is 2.34. The van der Waals surface area contributed by atoms with E-state index in [9.17, 15) is 4.79 Å². The second-order valence-corrected chi connectivity index (χ2v) is 5.09. The summed E-state index contributed by atoms with van der Waals surface area (Å²) in [7, 11) is 3.10. The maximum absolute atomic E-state index is 12.3. The van der Waals surface area contributed by atoms with Gasteiger partial charge < -0.3 is 13.9 Å². The second-order valence-electron chi connectivity index (χ2n) is 4.66. The predicted molar refractivity (Wildman–Crippen MR) is 86.0 cm³/mol. The van der Waals surface area contributed by atoms with Gasteiger partial charge in [0.25, 0.3) is 0 Å². The average Bonchev–Trinajstić information content (AvgIpc) is 2.54. The number of rotatable bonds is 3. The largest absolute Gasteiger partial charge is 0.493 e. The van der Waals surface area contributed by atoms with Crippen LogP contribution in [0.3, 0.4) is 0 Å². The van der Waals surface area contributed by atoms with Gasteiger partial charge in [0.1, 0.15) is 11.3 Å². The van der Waals surface area contributed by atoms with Crippen LogP contribution >= 0.6 is 11.6 Å². The molecule has 3 aromatic rings. The Morgan fingerprint density at radius 3 is 2.59 bits per heavy atom. The molecule has 0 radical (unpaired) electrons. The lowest BCUT2D eigenvalue weighted by Gasteiger charge is -2.12. The zero-order valence-corrected chi connectivity index (χ0v) is 12.8. The molecule has 0 amide bonds. The van der Waals surface area contributed by atoms with Gasteiger partial charge in [-0.25, -0.2) is 0 Å². The van der Waals surface area contributed by atoms with Gasteiger partial charge >= 0.3 is 0 Å². The van der Waals surface area contributed by atoms with Crippen molar-refractivity contribution < 1.29 is 13.9 Å². The number of para-hydroxylation sites is 1. The molecule has 112 valence electrons. The lowest BCUT2D eigenvalue weighted by Crippen LogP contribution is -2.01. The van der Waals surface area contributed by atoms with Gasteiger partial charge in [0.15, 0.2) is 16.9 Å². The molecule has 0 fully saturated rings. The molecule has 0 saturated heterocycles. The van der Waals surface area contributed by atoms with E-state index in [1.54, 1.807) is 44.6 Å². The molecular weight excluding hydrogens is 304 g/mol. The van der Waals surface area contributed by atoms with E-state index >= 15 is 0 Å². The molecule has 22 heavy (non-hydrogen) atoms. The van der Waals surface area contributed by atoms with Crippen molar-refractivity contribution in [3.8, 4) is 22.8 Å². The first kappa shape index (κ1) is 14.5. The summed E-state index contributed by atoms with van der Waals surface area (Å²) in [5.41, 5.74) is 0.955. The van der Waals surface area contributed by atoms with Crippen LogP contribution in [0, 0.1) is 0 Å². The van der Waals surface area contributed by atoms with Gasteiger partial charge in [0.2, 0.25) is 0 Å². The Hall–Kier alpha value is -2.46. The molecule has 0 aliphatic rings. The molecule has 2 aromatic carbocycles. The van der Waals surface area contributed by atoms with Gasteiger partial charge in [0, 0.05) is 11.1 Å². The molecule has 0 aliphatic carbocycles. The van der Waals surface area contributed by atoms with Crippen molar-refractivity contribution in [2.24, 2.45) is 0 Å². The monoisotopic (exact) mass is 316 g/mol. The quantitative estimate of drug-likeness (QED) is 0.729. The molecule has 0 spiro atoms. The minimum atomic E-state index is -0.163. The minimum Gasteiger partial charge on any atom is -0.493 e. The summed E-state index contributed by atoms with van der Waals surface area (Å²) in [4.78, 5) is 12.3. The first-order valence-corrected chi connectivity index (χ1v) is 6.96. The van der Waals surface area contributed by atoms with Gasteiger partial charge in [-0.15, -0.1) is 0 Å². The van der Waals surface area contributed by atoms with E-state index in [1.165, 1.54) is 6.07 Å². The molecule has 0 unspecified atom stereocenters. The molecule has 3 rings (SSSR count). The van der Waals surface area contributed by atoms with E-state index in [1.807, 2.05) is 6.07 Å². The lowest BCUT2D eigenvalue weighted by atomic mass is 10.1. The highest BCUT2D eigenvalue weighted by molar-refractivity contribution is 6.31. The Morgan fingerprint density at radius 2 is 1.86 bits per heavy atom. The maximum Gasteiger partial charge on any atom is 0.193 e. The Balaban J connectivity index is 2.28. The highest BCUT2D eigenvalue weighted by Crippen LogP contribution is 2.38. The summed E-state index contributed by atoms with van der Waals surface area (Å²) in [5.74, 6) is 1.50. The topological polar surface area (TPSA) is 48.7 Å². The number of benzene rings is 2. The van der Waals surface area contributed by atoms with Crippen LogP contribution in [0.15, 0.2) is 51.7 Å². The van der Waals surface area contributed by atoms with Gasteiger partial charge in [-0.1, -0.05) is 17.7 Å². The molecule has 0 saturated carbocycles. The van der Waals surface area contributed by atoms with E-state index in [0.717, 1.165) is 0 Å². The summed E-state index contributed by atoms with van der Waals surface area (Å²) in [6.07, 6.45) is 0. The van der Waals surface area contributed by atoms with Crippen LogP contribution < -0.4 is 14.9 Å². The van der Waals surface area contributed by atoms with Crippen molar-refractivity contribution in [1.82, 2.24) is 0 Å². The third-order valence-electron chi connectivity index (χ3n) is 3.36. The number of halogens is 1. The Morgan fingerprint density at radius 1 is 1.05 bits per heavy atom. The van der Waals surface area contributed by atoms with Crippen molar-refractivity contribution in [1.29, 1.82) is 0 Å². The minimum absolute atomic E-state index is 0.163. The molecule has 5 heteroatoms. The fraction of sp³-hybridized carbons (Fsp3) is 0.118. The third-order valence-corrected chi connectivity index (χ3v) is 3.59. The van der Waals surface area contributed by atoms with E-state index in [4.69, 9.17) is 25.5 Å². The number of hydrogen-bond acceptors (Lipinski definition) is 4. The van der Waals surface area contributed by atoms with Crippen LogP contribution in [0.5, 0.6) is 11.5 Å². The van der Waals surface area contributed by atoms with Crippen LogP contribution in [0.4, 0.5) is 0 Å². The van der Waals surface area contributed by atoms with Gasteiger partial charge in [-0.3, -0.25) is 4.79 Å². The van der Waals surface area contributed by atoms with Crippen molar-refractivity contribution in [2.75, 3.05) is 14.2 Å².